The summed E-state index contributed by atoms with van der Waals surface area (Å²) < 4.78 is 53.2. The SMILES string of the molecule is CC(C)C[C@H]1OC(C)(C)N(CN)[C@@]1(Cc1ccc(OCc2ccccc2)cc1)S(=O)(=O)c1ccc2c(c1)OCO2. The van der Waals surface area contributed by atoms with Gasteiger partial charge in [0.1, 0.15) is 18.1 Å². The summed E-state index contributed by atoms with van der Waals surface area (Å²) in [5.74, 6) is 1.84. The summed E-state index contributed by atoms with van der Waals surface area (Å²) in [6.45, 7) is 8.40. The van der Waals surface area contributed by atoms with Gasteiger partial charge >= 0.3 is 0 Å². The van der Waals surface area contributed by atoms with Crippen molar-refractivity contribution >= 4 is 9.84 Å². The van der Waals surface area contributed by atoms with E-state index in [-0.39, 0.29) is 30.7 Å². The first kappa shape index (κ1) is 28.4. The molecule has 5 rings (SSSR count). The molecule has 0 aromatic heterocycles. The second-order valence-corrected chi connectivity index (χ2v) is 13.4. The Labute approximate surface area is 236 Å². The molecule has 3 aromatic rings. The van der Waals surface area contributed by atoms with Crippen molar-refractivity contribution in [2.45, 2.75) is 68.7 Å². The van der Waals surface area contributed by atoms with Gasteiger partial charge in [0.25, 0.3) is 0 Å². The van der Waals surface area contributed by atoms with Crippen molar-refractivity contribution in [1.82, 2.24) is 4.90 Å². The van der Waals surface area contributed by atoms with E-state index in [1.165, 1.54) is 0 Å². The first-order valence-corrected chi connectivity index (χ1v) is 15.1. The molecule has 40 heavy (non-hydrogen) atoms. The van der Waals surface area contributed by atoms with Crippen LogP contribution in [-0.2, 0) is 27.6 Å². The molecule has 0 spiro atoms. The molecule has 2 atom stereocenters. The number of sulfone groups is 1. The molecule has 0 amide bonds. The molecule has 2 aliphatic rings. The molecule has 8 nitrogen and oxygen atoms in total. The number of ether oxygens (including phenoxy) is 4. The second kappa shape index (κ2) is 11.0. The van der Waals surface area contributed by atoms with E-state index in [0.717, 1.165) is 11.1 Å². The number of nitrogens with zero attached hydrogens (tertiary/aromatic N) is 1. The summed E-state index contributed by atoms with van der Waals surface area (Å²) in [6.07, 6.45) is 0.0958. The number of hydrogen-bond acceptors (Lipinski definition) is 8. The third-order valence-electron chi connectivity index (χ3n) is 7.66. The Balaban J connectivity index is 1.55. The van der Waals surface area contributed by atoms with Gasteiger partial charge in [0, 0.05) is 19.2 Å². The van der Waals surface area contributed by atoms with E-state index in [1.54, 1.807) is 23.1 Å². The van der Waals surface area contributed by atoms with Crippen LogP contribution in [-0.4, -0.2) is 43.5 Å². The molecule has 2 N–H and O–H groups in total. The third-order valence-corrected chi connectivity index (χ3v) is 10.1. The Kier molecular flexibility index (Phi) is 7.85. The standard InChI is InChI=1S/C31H38N2O6S/c1-22(2)16-29-31(33(20-32)30(3,4)39-29,40(34,35)26-14-15-27-28(17-26)38-21-37-27)18-23-10-12-25(13-11-23)36-19-24-8-6-5-7-9-24/h5-15,17,22,29H,16,18-21,32H2,1-4H3/t29-,31+/m1/s1. The van der Waals surface area contributed by atoms with Gasteiger partial charge in [-0.1, -0.05) is 56.3 Å². The molecule has 0 saturated carbocycles. The minimum Gasteiger partial charge on any atom is -0.489 e. The number of rotatable bonds is 10. The number of hydrogen-bond donors (Lipinski definition) is 1. The van der Waals surface area contributed by atoms with Gasteiger partial charge in [-0.15, -0.1) is 0 Å². The number of benzene rings is 3. The van der Waals surface area contributed by atoms with E-state index < -0.39 is 26.5 Å². The van der Waals surface area contributed by atoms with Gasteiger partial charge in [-0.3, -0.25) is 0 Å². The number of nitrogens with two attached hydrogens (primary N) is 1. The highest BCUT2D eigenvalue weighted by Crippen LogP contribution is 2.50. The van der Waals surface area contributed by atoms with Crippen molar-refractivity contribution in [3.8, 4) is 17.2 Å². The van der Waals surface area contributed by atoms with Crippen LogP contribution in [0.15, 0.2) is 77.7 Å². The fourth-order valence-corrected chi connectivity index (χ4v) is 8.12. The quantitative estimate of drug-likeness (QED) is 0.362. The maximum Gasteiger partial charge on any atom is 0.231 e. The second-order valence-electron chi connectivity index (χ2n) is 11.3. The third kappa shape index (κ3) is 5.19. The van der Waals surface area contributed by atoms with E-state index in [0.29, 0.717) is 30.3 Å². The van der Waals surface area contributed by atoms with Crippen molar-refractivity contribution < 1.29 is 27.4 Å². The van der Waals surface area contributed by atoms with E-state index in [9.17, 15) is 8.42 Å². The first-order valence-electron chi connectivity index (χ1n) is 13.6. The Hall–Kier alpha value is -3.11. The van der Waals surface area contributed by atoms with E-state index >= 15 is 0 Å². The maximum absolute atomic E-state index is 14.8. The largest absolute Gasteiger partial charge is 0.489 e. The molecule has 3 aromatic carbocycles. The Morgan fingerprint density at radius 3 is 2.35 bits per heavy atom. The zero-order valence-electron chi connectivity index (χ0n) is 23.5. The van der Waals surface area contributed by atoms with Gasteiger partial charge in [-0.25, -0.2) is 13.3 Å². The molecule has 9 heteroatoms. The van der Waals surface area contributed by atoms with Crippen LogP contribution < -0.4 is 19.9 Å². The average molecular weight is 567 g/mol. The molecular formula is C31H38N2O6S. The van der Waals surface area contributed by atoms with Gasteiger partial charge in [-0.2, -0.15) is 0 Å². The van der Waals surface area contributed by atoms with Crippen LogP contribution in [0.3, 0.4) is 0 Å². The highest BCUT2D eigenvalue weighted by molar-refractivity contribution is 7.92. The Bertz CT molecular complexity index is 1430. The fourth-order valence-electron chi connectivity index (χ4n) is 5.78. The van der Waals surface area contributed by atoms with Gasteiger partial charge in [0.05, 0.1) is 11.0 Å². The lowest BCUT2D eigenvalue weighted by Crippen LogP contribution is -2.62. The zero-order chi connectivity index (χ0) is 28.5. The van der Waals surface area contributed by atoms with Crippen molar-refractivity contribution in [2.24, 2.45) is 11.7 Å². The molecule has 0 unspecified atom stereocenters. The molecule has 214 valence electrons. The molecule has 0 bridgehead atoms. The van der Waals surface area contributed by atoms with Gasteiger partial charge < -0.3 is 24.7 Å². The van der Waals surface area contributed by atoms with Crippen LogP contribution >= 0.6 is 0 Å². The minimum absolute atomic E-state index is 0.00362. The minimum atomic E-state index is -4.05. The smallest absolute Gasteiger partial charge is 0.231 e. The highest BCUT2D eigenvalue weighted by atomic mass is 32.2. The maximum atomic E-state index is 14.8. The van der Waals surface area contributed by atoms with Crippen LogP contribution in [0.25, 0.3) is 0 Å². The Morgan fingerprint density at radius 2 is 1.68 bits per heavy atom. The van der Waals surface area contributed by atoms with E-state index in [4.69, 9.17) is 24.7 Å². The van der Waals surface area contributed by atoms with Crippen molar-refractivity contribution in [1.29, 1.82) is 0 Å². The lowest BCUT2D eigenvalue weighted by Gasteiger charge is -2.42. The summed E-state index contributed by atoms with van der Waals surface area (Å²) in [5.41, 5.74) is 7.33. The molecule has 0 radical (unpaired) electrons. The summed E-state index contributed by atoms with van der Waals surface area (Å²) in [5, 5.41) is 0. The van der Waals surface area contributed by atoms with Crippen molar-refractivity contribution in [3.05, 3.63) is 83.9 Å². The van der Waals surface area contributed by atoms with Crippen LogP contribution in [0.5, 0.6) is 17.2 Å². The first-order chi connectivity index (χ1) is 19.1. The monoisotopic (exact) mass is 566 g/mol. The van der Waals surface area contributed by atoms with Gasteiger partial charge in [0.15, 0.2) is 16.4 Å². The lowest BCUT2D eigenvalue weighted by molar-refractivity contribution is -0.0786. The fraction of sp³-hybridized carbons (Fsp3) is 0.419. The topological polar surface area (TPSA) is 100 Å². The van der Waals surface area contributed by atoms with Crippen molar-refractivity contribution in [3.63, 3.8) is 0 Å². The predicted octanol–water partition coefficient (Wildman–Crippen LogP) is 5.11. The number of fused-ring (bicyclic) bond motifs is 1. The van der Waals surface area contributed by atoms with Crippen LogP contribution in [0.2, 0.25) is 0 Å². The average Bonchev–Trinajstić information content (AvgIpc) is 3.48. The van der Waals surface area contributed by atoms with E-state index in [1.807, 2.05) is 68.4 Å². The highest BCUT2D eigenvalue weighted by Gasteiger charge is 2.65. The molecule has 2 heterocycles. The van der Waals surface area contributed by atoms with Gasteiger partial charge in [0.2, 0.25) is 16.6 Å². The van der Waals surface area contributed by atoms with Crippen LogP contribution in [0.1, 0.15) is 45.2 Å². The lowest BCUT2D eigenvalue weighted by atomic mass is 9.93. The summed E-state index contributed by atoms with van der Waals surface area (Å²) >= 11 is 0. The molecule has 1 saturated heterocycles. The molecule has 1 fully saturated rings. The molecular weight excluding hydrogens is 528 g/mol. The predicted molar refractivity (Wildman–Crippen MR) is 153 cm³/mol. The Morgan fingerprint density at radius 1 is 0.975 bits per heavy atom. The molecule has 0 aliphatic carbocycles. The summed E-state index contributed by atoms with van der Waals surface area (Å²) in [7, 11) is -4.05. The zero-order valence-corrected chi connectivity index (χ0v) is 24.3. The normalized spacial score (nSPS) is 22.1. The van der Waals surface area contributed by atoms with Crippen LogP contribution in [0.4, 0.5) is 0 Å². The summed E-state index contributed by atoms with van der Waals surface area (Å²) in [6, 6.07) is 22.3. The summed E-state index contributed by atoms with van der Waals surface area (Å²) in [4.78, 5) is 0.482. The van der Waals surface area contributed by atoms with E-state index in [2.05, 4.69) is 13.8 Å². The van der Waals surface area contributed by atoms with Crippen molar-refractivity contribution in [2.75, 3.05) is 13.5 Å². The van der Waals surface area contributed by atoms with Crippen LogP contribution in [0, 0.1) is 5.92 Å². The molecule has 2 aliphatic heterocycles. The van der Waals surface area contributed by atoms with Gasteiger partial charge in [-0.05, 0) is 61.6 Å².